The van der Waals surface area contributed by atoms with Crippen molar-refractivity contribution in [3.63, 3.8) is 0 Å². The van der Waals surface area contributed by atoms with Gasteiger partial charge in [0.15, 0.2) is 0 Å². The van der Waals surface area contributed by atoms with Crippen LogP contribution in [0.2, 0.25) is 0 Å². The summed E-state index contributed by atoms with van der Waals surface area (Å²) in [5.74, 6) is -0.428. The predicted molar refractivity (Wildman–Crippen MR) is 120 cm³/mol. The predicted octanol–water partition coefficient (Wildman–Crippen LogP) is 3.99. The molecule has 34 heavy (non-hydrogen) atoms. The van der Waals surface area contributed by atoms with Crippen LogP contribution < -0.4 is 10.1 Å². The lowest BCUT2D eigenvalue weighted by atomic mass is 10.1. The van der Waals surface area contributed by atoms with Gasteiger partial charge in [0.2, 0.25) is 0 Å². The number of carbonyl (C=O) groups is 1. The number of carbonyl (C=O) groups excluding carboxylic acids is 1. The Morgan fingerprint density at radius 2 is 1.97 bits per heavy atom. The lowest BCUT2D eigenvalue weighted by molar-refractivity contribution is -0.141. The van der Waals surface area contributed by atoms with E-state index < -0.39 is 17.8 Å². The lowest BCUT2D eigenvalue weighted by Crippen LogP contribution is -2.31. The average molecular weight is 477 g/mol. The van der Waals surface area contributed by atoms with Crippen LogP contribution in [-0.4, -0.2) is 66.0 Å². The van der Waals surface area contributed by atoms with Gasteiger partial charge in [-0.2, -0.15) is 18.3 Å². The number of nitrogens with one attached hydrogen (secondary N) is 1. The van der Waals surface area contributed by atoms with E-state index >= 15 is 0 Å². The molecule has 4 rings (SSSR count). The number of halogens is 3. The zero-order valence-electron chi connectivity index (χ0n) is 18.9. The molecule has 11 heteroatoms. The normalized spacial score (nSPS) is 15.6. The molecule has 0 spiro atoms. The maximum atomic E-state index is 13.0. The van der Waals surface area contributed by atoms with E-state index in [0.717, 1.165) is 43.5 Å². The molecular formula is C23H26F3N5O3. The molecule has 0 atom stereocenters. The second kappa shape index (κ2) is 9.98. The highest BCUT2D eigenvalue weighted by atomic mass is 19.4. The molecule has 1 aliphatic heterocycles. The average Bonchev–Trinajstić information content (AvgIpc) is 3.22. The number of hydrogen-bond donors (Lipinski definition) is 1. The molecule has 8 nitrogen and oxygen atoms in total. The van der Waals surface area contributed by atoms with Crippen molar-refractivity contribution < 1.29 is 27.4 Å². The summed E-state index contributed by atoms with van der Waals surface area (Å²) in [6.45, 7) is 2.52. The number of ether oxygens (including phenoxy) is 2. The quantitative estimate of drug-likeness (QED) is 0.519. The van der Waals surface area contributed by atoms with E-state index in [0.29, 0.717) is 23.6 Å². The second-order valence-corrected chi connectivity index (χ2v) is 8.25. The Balaban J connectivity index is 1.62. The van der Waals surface area contributed by atoms with Gasteiger partial charge < -0.3 is 19.7 Å². The molecule has 1 fully saturated rings. The number of anilines is 1. The van der Waals surface area contributed by atoms with E-state index in [1.807, 2.05) is 10.9 Å². The Labute approximate surface area is 194 Å². The van der Waals surface area contributed by atoms with E-state index in [9.17, 15) is 18.0 Å². The number of fused-ring (bicyclic) bond motifs is 1. The maximum absolute atomic E-state index is 13.0. The van der Waals surface area contributed by atoms with Gasteiger partial charge in [0.05, 0.1) is 23.9 Å². The summed E-state index contributed by atoms with van der Waals surface area (Å²) in [6, 6.07) is 6.89. The molecule has 0 unspecified atom stereocenters. The third kappa shape index (κ3) is 5.48. The van der Waals surface area contributed by atoms with Crippen LogP contribution in [0.4, 0.5) is 18.9 Å². The number of methoxy groups -OCH3 is 1. The molecule has 1 aromatic carbocycles. The molecule has 2 aromatic heterocycles. The van der Waals surface area contributed by atoms with Gasteiger partial charge in [-0.25, -0.2) is 4.98 Å². The number of hydrogen-bond acceptors (Lipinski definition) is 6. The Morgan fingerprint density at radius 1 is 1.21 bits per heavy atom. The molecule has 3 heterocycles. The smallest absolute Gasteiger partial charge is 0.433 e. The van der Waals surface area contributed by atoms with Gasteiger partial charge in [0.1, 0.15) is 23.7 Å². The van der Waals surface area contributed by atoms with E-state index in [-0.39, 0.29) is 18.3 Å². The van der Waals surface area contributed by atoms with Crippen molar-refractivity contribution in [3.8, 4) is 5.75 Å². The molecule has 1 amide bonds. The lowest BCUT2D eigenvalue weighted by Gasteiger charge is -2.28. The SMILES string of the molecule is COCCOc1cc2nn(C3CCN(C)CC3)cc2cc1NC(=O)c1cccc(C(F)(F)F)n1. The Hall–Kier alpha value is -3.18. The monoisotopic (exact) mass is 477 g/mol. The van der Waals surface area contributed by atoms with E-state index in [1.54, 1.807) is 12.1 Å². The summed E-state index contributed by atoms with van der Waals surface area (Å²) in [4.78, 5) is 18.5. The molecule has 0 radical (unpaired) electrons. The molecule has 0 aliphatic carbocycles. The highest BCUT2D eigenvalue weighted by molar-refractivity contribution is 6.05. The Kier molecular flexibility index (Phi) is 7.03. The van der Waals surface area contributed by atoms with Gasteiger partial charge in [-0.3, -0.25) is 9.48 Å². The van der Waals surface area contributed by atoms with E-state index in [2.05, 4.69) is 22.2 Å². The van der Waals surface area contributed by atoms with Crippen LogP contribution in [-0.2, 0) is 10.9 Å². The van der Waals surface area contributed by atoms with Crippen molar-refractivity contribution >= 4 is 22.5 Å². The van der Waals surface area contributed by atoms with Gasteiger partial charge >= 0.3 is 6.18 Å². The summed E-state index contributed by atoms with van der Waals surface area (Å²) in [5, 5.41) is 8.13. The fourth-order valence-electron chi connectivity index (χ4n) is 3.88. The first-order valence-electron chi connectivity index (χ1n) is 10.9. The summed E-state index contributed by atoms with van der Waals surface area (Å²) in [7, 11) is 3.63. The Bertz CT molecular complexity index is 1160. The van der Waals surface area contributed by atoms with Crippen molar-refractivity contribution in [3.05, 3.63) is 47.9 Å². The number of aromatic nitrogens is 3. The van der Waals surface area contributed by atoms with E-state index in [4.69, 9.17) is 14.6 Å². The number of likely N-dealkylation sites (tertiary alicyclic amines) is 1. The number of alkyl halides is 3. The zero-order valence-corrected chi connectivity index (χ0v) is 18.9. The third-order valence-corrected chi connectivity index (χ3v) is 5.75. The van der Waals surface area contributed by atoms with Gasteiger partial charge in [0, 0.05) is 24.8 Å². The van der Waals surface area contributed by atoms with Crippen LogP contribution in [0.15, 0.2) is 36.5 Å². The molecule has 182 valence electrons. The summed E-state index contributed by atoms with van der Waals surface area (Å²) >= 11 is 0. The van der Waals surface area contributed by atoms with Crippen molar-refractivity contribution in [2.24, 2.45) is 0 Å². The zero-order chi connectivity index (χ0) is 24.3. The number of rotatable bonds is 7. The summed E-state index contributed by atoms with van der Waals surface area (Å²) < 4.78 is 51.8. The van der Waals surface area contributed by atoms with Crippen LogP contribution in [0.5, 0.6) is 5.75 Å². The second-order valence-electron chi connectivity index (χ2n) is 8.25. The van der Waals surface area contributed by atoms with Crippen LogP contribution in [0.25, 0.3) is 10.9 Å². The maximum Gasteiger partial charge on any atom is 0.433 e. The summed E-state index contributed by atoms with van der Waals surface area (Å²) in [5.41, 5.74) is -0.469. The summed E-state index contributed by atoms with van der Waals surface area (Å²) in [6.07, 6.45) is -0.770. The highest BCUT2D eigenvalue weighted by Crippen LogP contribution is 2.33. The van der Waals surface area contributed by atoms with Gasteiger partial charge in [-0.15, -0.1) is 0 Å². The number of pyridine rings is 1. The first-order valence-corrected chi connectivity index (χ1v) is 10.9. The number of amides is 1. The van der Waals surface area contributed by atoms with Crippen molar-refractivity contribution in [2.45, 2.75) is 25.1 Å². The Morgan fingerprint density at radius 3 is 2.68 bits per heavy atom. The third-order valence-electron chi connectivity index (χ3n) is 5.75. The molecule has 0 saturated carbocycles. The topological polar surface area (TPSA) is 81.5 Å². The largest absolute Gasteiger partial charge is 0.489 e. The van der Waals surface area contributed by atoms with Gasteiger partial charge in [-0.1, -0.05) is 6.07 Å². The van der Waals surface area contributed by atoms with Crippen LogP contribution in [0.1, 0.15) is 35.1 Å². The van der Waals surface area contributed by atoms with Crippen molar-refractivity contribution in [1.29, 1.82) is 0 Å². The minimum atomic E-state index is -4.65. The fourth-order valence-corrected chi connectivity index (χ4v) is 3.88. The molecule has 3 aromatic rings. The molecule has 1 aliphatic rings. The highest BCUT2D eigenvalue weighted by Gasteiger charge is 2.33. The molecule has 1 saturated heterocycles. The van der Waals surface area contributed by atoms with Crippen LogP contribution >= 0.6 is 0 Å². The number of piperidine rings is 1. The molecule has 0 bridgehead atoms. The molecular weight excluding hydrogens is 451 g/mol. The first kappa shape index (κ1) is 24.0. The van der Waals surface area contributed by atoms with Gasteiger partial charge in [0.25, 0.3) is 5.91 Å². The van der Waals surface area contributed by atoms with Crippen LogP contribution in [0.3, 0.4) is 0 Å². The van der Waals surface area contributed by atoms with Crippen molar-refractivity contribution in [1.82, 2.24) is 19.7 Å². The number of nitrogens with zero attached hydrogens (tertiary/aromatic N) is 4. The number of benzene rings is 1. The van der Waals surface area contributed by atoms with Gasteiger partial charge in [-0.05, 0) is 51.2 Å². The minimum absolute atomic E-state index is 0.225. The van der Waals surface area contributed by atoms with Crippen molar-refractivity contribution in [2.75, 3.05) is 45.8 Å². The standard InChI is InChI=1S/C23H26F3N5O3/c1-30-8-6-16(7-9-30)31-14-15-12-19(20(13-18(15)29-31)34-11-10-33-2)28-22(32)17-4-3-5-21(27-17)23(24,25)26/h3-5,12-14,16H,6-11H2,1-2H3,(H,28,32). The molecule has 1 N–H and O–H groups in total. The fraction of sp³-hybridized carbons (Fsp3) is 0.435. The van der Waals surface area contributed by atoms with Crippen LogP contribution in [0, 0.1) is 0 Å². The van der Waals surface area contributed by atoms with E-state index in [1.165, 1.54) is 13.2 Å². The minimum Gasteiger partial charge on any atom is -0.489 e. The first-order chi connectivity index (χ1) is 16.2.